The molecule has 1 fully saturated rings. The maximum atomic E-state index is 11.9. The SMILES string of the molecule is Cc1nn(C)c(C)c1NC(=O)CN1C[C@@H](O)[C@@H](O)C1. The first-order chi connectivity index (χ1) is 8.88. The lowest BCUT2D eigenvalue weighted by Gasteiger charge is -2.14. The van der Waals surface area contributed by atoms with Crippen molar-refractivity contribution >= 4 is 11.6 Å². The fourth-order valence-electron chi connectivity index (χ4n) is 2.31. The van der Waals surface area contributed by atoms with Crippen LogP contribution in [0, 0.1) is 13.8 Å². The highest BCUT2D eigenvalue weighted by Crippen LogP contribution is 2.18. The van der Waals surface area contributed by atoms with Gasteiger partial charge in [0.1, 0.15) is 0 Å². The molecule has 1 aliphatic rings. The number of aliphatic hydroxyl groups is 2. The summed E-state index contributed by atoms with van der Waals surface area (Å²) in [7, 11) is 1.82. The van der Waals surface area contributed by atoms with E-state index in [1.165, 1.54) is 0 Å². The zero-order valence-electron chi connectivity index (χ0n) is 11.4. The zero-order chi connectivity index (χ0) is 14.2. The molecular formula is C12H20N4O3. The minimum atomic E-state index is -0.769. The van der Waals surface area contributed by atoms with Crippen LogP contribution in [-0.4, -0.2) is 62.6 Å². The summed E-state index contributed by atoms with van der Waals surface area (Å²) in [5.41, 5.74) is 2.40. The largest absolute Gasteiger partial charge is 0.389 e. The highest BCUT2D eigenvalue weighted by Gasteiger charge is 2.30. The molecule has 7 heteroatoms. The molecule has 0 aromatic carbocycles. The molecule has 0 aliphatic carbocycles. The molecule has 0 radical (unpaired) electrons. The average Bonchev–Trinajstić information content (AvgIpc) is 2.74. The normalized spacial score (nSPS) is 23.8. The lowest BCUT2D eigenvalue weighted by Crippen LogP contribution is -2.32. The number of carbonyl (C=O) groups excluding carboxylic acids is 1. The van der Waals surface area contributed by atoms with E-state index in [2.05, 4.69) is 10.4 Å². The van der Waals surface area contributed by atoms with Gasteiger partial charge in [-0.25, -0.2) is 0 Å². The summed E-state index contributed by atoms with van der Waals surface area (Å²) >= 11 is 0. The smallest absolute Gasteiger partial charge is 0.238 e. The summed E-state index contributed by atoms with van der Waals surface area (Å²) in [5.74, 6) is -0.166. The molecule has 1 amide bonds. The summed E-state index contributed by atoms with van der Waals surface area (Å²) in [6.07, 6.45) is -1.54. The van der Waals surface area contributed by atoms with E-state index in [-0.39, 0.29) is 12.5 Å². The number of hydrogen-bond acceptors (Lipinski definition) is 5. The molecule has 0 saturated carbocycles. The summed E-state index contributed by atoms with van der Waals surface area (Å²) < 4.78 is 1.72. The standard InChI is InChI=1S/C12H20N4O3/c1-7-12(8(2)15(3)14-7)13-11(19)6-16-4-9(17)10(18)5-16/h9-10,17-18H,4-6H2,1-3H3,(H,13,19)/t9-,10+. The molecule has 2 rings (SSSR count). The summed E-state index contributed by atoms with van der Waals surface area (Å²) in [4.78, 5) is 13.7. The highest BCUT2D eigenvalue weighted by atomic mass is 16.3. The first kappa shape index (κ1) is 14.0. The third-order valence-electron chi connectivity index (χ3n) is 3.48. The number of anilines is 1. The van der Waals surface area contributed by atoms with E-state index >= 15 is 0 Å². The van der Waals surface area contributed by atoms with Crippen molar-refractivity contribution in [2.45, 2.75) is 26.1 Å². The van der Waals surface area contributed by atoms with Gasteiger partial charge in [-0.3, -0.25) is 14.4 Å². The molecule has 3 N–H and O–H groups in total. The van der Waals surface area contributed by atoms with Crippen LogP contribution in [0.1, 0.15) is 11.4 Å². The van der Waals surface area contributed by atoms with Crippen LogP contribution >= 0.6 is 0 Å². The van der Waals surface area contributed by atoms with E-state index in [1.54, 1.807) is 9.58 Å². The topological polar surface area (TPSA) is 90.6 Å². The molecule has 1 saturated heterocycles. The van der Waals surface area contributed by atoms with Crippen LogP contribution in [-0.2, 0) is 11.8 Å². The average molecular weight is 268 g/mol. The molecule has 1 aromatic rings. The van der Waals surface area contributed by atoms with Crippen molar-refractivity contribution in [2.24, 2.45) is 7.05 Å². The number of nitrogens with zero attached hydrogens (tertiary/aromatic N) is 3. The molecule has 19 heavy (non-hydrogen) atoms. The molecule has 1 aromatic heterocycles. The van der Waals surface area contributed by atoms with E-state index in [9.17, 15) is 15.0 Å². The Hall–Kier alpha value is -1.44. The van der Waals surface area contributed by atoms with Gasteiger partial charge in [-0.15, -0.1) is 0 Å². The Balaban J connectivity index is 1.95. The third-order valence-corrected chi connectivity index (χ3v) is 3.48. The van der Waals surface area contributed by atoms with E-state index < -0.39 is 12.2 Å². The van der Waals surface area contributed by atoms with Crippen LogP contribution < -0.4 is 5.32 Å². The van der Waals surface area contributed by atoms with Crippen LogP contribution in [0.3, 0.4) is 0 Å². The van der Waals surface area contributed by atoms with Crippen LogP contribution in [0.5, 0.6) is 0 Å². The molecule has 0 bridgehead atoms. The van der Waals surface area contributed by atoms with Gasteiger partial charge in [0.15, 0.2) is 0 Å². The van der Waals surface area contributed by atoms with Gasteiger partial charge in [0.05, 0.1) is 35.8 Å². The Kier molecular flexibility index (Phi) is 3.88. The number of β-amino-alcohol motifs (C(OH)–C–C–N with tert-alkyl or cyclic N) is 2. The fraction of sp³-hybridized carbons (Fsp3) is 0.667. The number of aliphatic hydroxyl groups excluding tert-OH is 2. The number of amides is 1. The summed E-state index contributed by atoms with van der Waals surface area (Å²) in [6.45, 7) is 4.52. The molecule has 2 heterocycles. The van der Waals surface area contributed by atoms with Gasteiger partial charge in [-0.2, -0.15) is 5.10 Å². The third kappa shape index (κ3) is 2.94. The van der Waals surface area contributed by atoms with Crippen molar-refractivity contribution < 1.29 is 15.0 Å². The van der Waals surface area contributed by atoms with Gasteiger partial charge >= 0.3 is 0 Å². The Bertz CT molecular complexity index is 476. The Morgan fingerprint density at radius 2 is 1.95 bits per heavy atom. The monoisotopic (exact) mass is 268 g/mol. The van der Waals surface area contributed by atoms with Crippen molar-refractivity contribution in [3.8, 4) is 0 Å². The van der Waals surface area contributed by atoms with Crippen LogP contribution in [0.25, 0.3) is 0 Å². The first-order valence-electron chi connectivity index (χ1n) is 6.27. The number of carbonyl (C=O) groups is 1. The van der Waals surface area contributed by atoms with E-state index in [0.717, 1.165) is 17.1 Å². The molecular weight excluding hydrogens is 248 g/mol. The molecule has 1 aliphatic heterocycles. The Labute approximate surface area is 111 Å². The number of nitrogens with one attached hydrogen (secondary N) is 1. The number of aryl methyl sites for hydroxylation is 2. The van der Waals surface area contributed by atoms with Gasteiger partial charge in [0.25, 0.3) is 0 Å². The lowest BCUT2D eigenvalue weighted by atomic mass is 10.3. The summed E-state index contributed by atoms with van der Waals surface area (Å²) in [6, 6.07) is 0. The molecule has 2 atom stereocenters. The van der Waals surface area contributed by atoms with Crippen molar-refractivity contribution in [3.05, 3.63) is 11.4 Å². The van der Waals surface area contributed by atoms with Crippen molar-refractivity contribution in [2.75, 3.05) is 25.0 Å². The number of likely N-dealkylation sites (tertiary alicyclic amines) is 1. The van der Waals surface area contributed by atoms with Crippen LogP contribution in [0.15, 0.2) is 0 Å². The van der Waals surface area contributed by atoms with Crippen LogP contribution in [0.4, 0.5) is 5.69 Å². The van der Waals surface area contributed by atoms with Crippen molar-refractivity contribution in [3.63, 3.8) is 0 Å². The van der Waals surface area contributed by atoms with Gasteiger partial charge in [0.2, 0.25) is 5.91 Å². The van der Waals surface area contributed by atoms with E-state index in [1.807, 2.05) is 20.9 Å². The molecule has 7 nitrogen and oxygen atoms in total. The second-order valence-corrected chi connectivity index (χ2v) is 5.05. The van der Waals surface area contributed by atoms with E-state index in [0.29, 0.717) is 13.1 Å². The van der Waals surface area contributed by atoms with Gasteiger partial charge < -0.3 is 15.5 Å². The van der Waals surface area contributed by atoms with Crippen LogP contribution in [0.2, 0.25) is 0 Å². The predicted molar refractivity (Wildman–Crippen MR) is 69.8 cm³/mol. The number of rotatable bonds is 3. The molecule has 0 unspecified atom stereocenters. The maximum Gasteiger partial charge on any atom is 0.238 e. The van der Waals surface area contributed by atoms with Gasteiger partial charge in [-0.05, 0) is 13.8 Å². The lowest BCUT2D eigenvalue weighted by molar-refractivity contribution is -0.117. The minimum absolute atomic E-state index is 0.155. The second kappa shape index (κ2) is 5.28. The predicted octanol–water partition coefficient (Wildman–Crippen LogP) is -0.987. The molecule has 0 spiro atoms. The van der Waals surface area contributed by atoms with Gasteiger partial charge in [0, 0.05) is 20.1 Å². The van der Waals surface area contributed by atoms with Crippen molar-refractivity contribution in [1.29, 1.82) is 0 Å². The Morgan fingerprint density at radius 1 is 1.37 bits per heavy atom. The zero-order valence-corrected chi connectivity index (χ0v) is 11.4. The van der Waals surface area contributed by atoms with Crippen molar-refractivity contribution in [1.82, 2.24) is 14.7 Å². The van der Waals surface area contributed by atoms with E-state index in [4.69, 9.17) is 0 Å². The number of aromatic nitrogens is 2. The minimum Gasteiger partial charge on any atom is -0.389 e. The quantitative estimate of drug-likeness (QED) is 0.655. The highest BCUT2D eigenvalue weighted by molar-refractivity contribution is 5.93. The Morgan fingerprint density at radius 3 is 2.42 bits per heavy atom. The maximum absolute atomic E-state index is 11.9. The van der Waals surface area contributed by atoms with Gasteiger partial charge in [-0.1, -0.05) is 0 Å². The second-order valence-electron chi connectivity index (χ2n) is 5.05. The fourth-order valence-corrected chi connectivity index (χ4v) is 2.31. The molecule has 106 valence electrons. The number of hydrogen-bond donors (Lipinski definition) is 3. The summed E-state index contributed by atoms with van der Waals surface area (Å²) in [5, 5.41) is 25.9. The first-order valence-corrected chi connectivity index (χ1v) is 6.27.